The standard InChI is InChI=1S/C26H32ClN3O3/c1-5-29(6-2)21-14-10-18(11-15-21)23-22(24(31)19-8-12-20(27)13-9-19)25(32)26(33)30(23)17-7-16-28(3)4/h8-15,23,31H,5-7,16-17H2,1-4H3/b24-22-. The molecule has 1 atom stereocenters. The molecule has 0 spiro atoms. The van der Waals surface area contributed by atoms with Crippen LogP contribution in [0.5, 0.6) is 0 Å². The largest absolute Gasteiger partial charge is 0.507 e. The fourth-order valence-corrected chi connectivity index (χ4v) is 4.36. The number of anilines is 1. The third-order valence-corrected chi connectivity index (χ3v) is 6.25. The van der Waals surface area contributed by atoms with Gasteiger partial charge < -0.3 is 19.8 Å². The van der Waals surface area contributed by atoms with Crippen LogP contribution in [0.4, 0.5) is 5.69 Å². The summed E-state index contributed by atoms with van der Waals surface area (Å²) in [7, 11) is 3.94. The van der Waals surface area contributed by atoms with Crippen LogP contribution in [-0.4, -0.2) is 66.9 Å². The maximum Gasteiger partial charge on any atom is 0.295 e. The molecule has 1 amide bonds. The maximum absolute atomic E-state index is 13.1. The fraction of sp³-hybridized carbons (Fsp3) is 0.385. The van der Waals surface area contributed by atoms with Gasteiger partial charge in [-0.3, -0.25) is 9.59 Å². The van der Waals surface area contributed by atoms with Crippen molar-refractivity contribution in [1.82, 2.24) is 9.80 Å². The summed E-state index contributed by atoms with van der Waals surface area (Å²) in [5.41, 5.74) is 2.44. The summed E-state index contributed by atoms with van der Waals surface area (Å²) in [6.07, 6.45) is 0.717. The second-order valence-electron chi connectivity index (χ2n) is 8.42. The van der Waals surface area contributed by atoms with Crippen molar-refractivity contribution in [3.63, 3.8) is 0 Å². The zero-order valence-electron chi connectivity index (χ0n) is 19.7. The van der Waals surface area contributed by atoms with E-state index in [1.807, 2.05) is 43.3 Å². The van der Waals surface area contributed by atoms with Crippen LogP contribution >= 0.6 is 11.6 Å². The molecule has 7 heteroatoms. The Labute approximate surface area is 201 Å². The molecule has 1 N–H and O–H groups in total. The number of hydrogen-bond donors (Lipinski definition) is 1. The minimum Gasteiger partial charge on any atom is -0.507 e. The molecular formula is C26H32ClN3O3. The van der Waals surface area contributed by atoms with Crippen molar-refractivity contribution in [1.29, 1.82) is 0 Å². The Balaban J connectivity index is 2.06. The summed E-state index contributed by atoms with van der Waals surface area (Å²) in [5, 5.41) is 11.6. The summed E-state index contributed by atoms with van der Waals surface area (Å²) < 4.78 is 0. The molecule has 1 heterocycles. The highest BCUT2D eigenvalue weighted by Crippen LogP contribution is 2.40. The Hall–Kier alpha value is -2.83. The van der Waals surface area contributed by atoms with Gasteiger partial charge >= 0.3 is 0 Å². The van der Waals surface area contributed by atoms with E-state index < -0.39 is 17.7 Å². The van der Waals surface area contributed by atoms with E-state index in [1.165, 1.54) is 0 Å². The van der Waals surface area contributed by atoms with Gasteiger partial charge in [0.2, 0.25) is 0 Å². The highest BCUT2D eigenvalue weighted by Gasteiger charge is 2.45. The van der Waals surface area contributed by atoms with Crippen molar-refractivity contribution in [2.24, 2.45) is 0 Å². The van der Waals surface area contributed by atoms with Gasteiger partial charge in [-0.05, 0) is 82.9 Å². The molecule has 0 aliphatic carbocycles. The van der Waals surface area contributed by atoms with E-state index in [0.29, 0.717) is 17.1 Å². The molecule has 2 aromatic carbocycles. The number of aliphatic hydroxyl groups excluding tert-OH is 1. The smallest absolute Gasteiger partial charge is 0.295 e. The van der Waals surface area contributed by atoms with E-state index in [4.69, 9.17) is 11.6 Å². The Morgan fingerprint density at radius 2 is 1.61 bits per heavy atom. The Bertz CT molecular complexity index is 1010. The summed E-state index contributed by atoms with van der Waals surface area (Å²) in [6, 6.07) is 13.9. The van der Waals surface area contributed by atoms with Gasteiger partial charge in [0.15, 0.2) is 0 Å². The van der Waals surface area contributed by atoms with Gasteiger partial charge in [0, 0.05) is 35.9 Å². The number of ketones is 1. The monoisotopic (exact) mass is 469 g/mol. The molecule has 1 aliphatic heterocycles. The number of carbonyl (C=O) groups excluding carboxylic acids is 2. The van der Waals surface area contributed by atoms with Crippen LogP contribution in [0.2, 0.25) is 5.02 Å². The van der Waals surface area contributed by atoms with Crippen LogP contribution in [0.15, 0.2) is 54.1 Å². The second-order valence-corrected chi connectivity index (χ2v) is 8.86. The first-order valence-corrected chi connectivity index (χ1v) is 11.7. The number of halogens is 1. The lowest BCUT2D eigenvalue weighted by molar-refractivity contribution is -0.139. The molecule has 2 aromatic rings. The van der Waals surface area contributed by atoms with Crippen molar-refractivity contribution in [3.05, 3.63) is 70.3 Å². The molecule has 33 heavy (non-hydrogen) atoms. The van der Waals surface area contributed by atoms with Crippen LogP contribution in [-0.2, 0) is 9.59 Å². The van der Waals surface area contributed by atoms with Crippen LogP contribution in [0.3, 0.4) is 0 Å². The van der Waals surface area contributed by atoms with E-state index in [1.54, 1.807) is 29.2 Å². The molecule has 0 radical (unpaired) electrons. The first-order chi connectivity index (χ1) is 15.8. The number of benzene rings is 2. The summed E-state index contributed by atoms with van der Waals surface area (Å²) >= 11 is 5.99. The number of hydrogen-bond acceptors (Lipinski definition) is 5. The highest BCUT2D eigenvalue weighted by atomic mass is 35.5. The molecule has 0 saturated carbocycles. The van der Waals surface area contributed by atoms with Gasteiger partial charge in [0.05, 0.1) is 11.6 Å². The fourth-order valence-electron chi connectivity index (χ4n) is 4.23. The second kappa shape index (κ2) is 10.9. The molecule has 1 saturated heterocycles. The summed E-state index contributed by atoms with van der Waals surface area (Å²) in [5.74, 6) is -1.43. The first kappa shape index (κ1) is 24.8. The number of rotatable bonds is 9. The molecule has 1 aliphatic rings. The van der Waals surface area contributed by atoms with Gasteiger partial charge in [-0.25, -0.2) is 0 Å². The number of likely N-dealkylation sites (tertiary alicyclic amines) is 1. The molecule has 1 unspecified atom stereocenters. The van der Waals surface area contributed by atoms with Gasteiger partial charge in [0.25, 0.3) is 11.7 Å². The molecule has 6 nitrogen and oxygen atoms in total. The van der Waals surface area contributed by atoms with Crippen molar-refractivity contribution in [3.8, 4) is 0 Å². The number of nitrogens with zero attached hydrogens (tertiary/aromatic N) is 3. The number of amides is 1. The van der Waals surface area contributed by atoms with E-state index in [0.717, 1.165) is 37.3 Å². The van der Waals surface area contributed by atoms with Gasteiger partial charge in [-0.1, -0.05) is 23.7 Å². The summed E-state index contributed by atoms with van der Waals surface area (Å²) in [6.45, 7) is 7.17. The van der Waals surface area contributed by atoms with Crippen LogP contribution in [0.1, 0.15) is 37.4 Å². The van der Waals surface area contributed by atoms with Crippen molar-refractivity contribution >= 4 is 34.7 Å². The lowest BCUT2D eigenvalue weighted by atomic mass is 9.95. The Kier molecular flexibility index (Phi) is 8.16. The Morgan fingerprint density at radius 1 is 1.00 bits per heavy atom. The lowest BCUT2D eigenvalue weighted by Gasteiger charge is -2.27. The van der Waals surface area contributed by atoms with E-state index in [9.17, 15) is 14.7 Å². The molecular weight excluding hydrogens is 438 g/mol. The normalized spacial score (nSPS) is 17.8. The third-order valence-electron chi connectivity index (χ3n) is 6.00. The molecule has 0 bridgehead atoms. The van der Waals surface area contributed by atoms with Crippen LogP contribution < -0.4 is 4.90 Å². The molecule has 176 valence electrons. The maximum atomic E-state index is 13.1. The zero-order valence-corrected chi connectivity index (χ0v) is 20.5. The predicted octanol–water partition coefficient (Wildman–Crippen LogP) is 4.56. The lowest BCUT2D eigenvalue weighted by Crippen LogP contribution is -2.32. The predicted molar refractivity (Wildman–Crippen MR) is 134 cm³/mol. The average molecular weight is 470 g/mol. The average Bonchev–Trinajstić information content (AvgIpc) is 3.05. The van der Waals surface area contributed by atoms with E-state index in [-0.39, 0.29) is 11.3 Å². The number of carbonyl (C=O) groups is 2. The molecule has 0 aromatic heterocycles. The minimum absolute atomic E-state index is 0.114. The van der Waals surface area contributed by atoms with E-state index in [2.05, 4.69) is 18.7 Å². The molecule has 1 fully saturated rings. The van der Waals surface area contributed by atoms with Gasteiger partial charge in [0.1, 0.15) is 5.76 Å². The quantitative estimate of drug-likeness (QED) is 0.331. The van der Waals surface area contributed by atoms with Crippen LogP contribution in [0, 0.1) is 0 Å². The van der Waals surface area contributed by atoms with Gasteiger partial charge in [-0.2, -0.15) is 0 Å². The first-order valence-electron chi connectivity index (χ1n) is 11.3. The number of aliphatic hydroxyl groups is 1. The zero-order chi connectivity index (χ0) is 24.1. The minimum atomic E-state index is -0.662. The van der Waals surface area contributed by atoms with Crippen molar-refractivity contribution in [2.45, 2.75) is 26.3 Å². The van der Waals surface area contributed by atoms with E-state index >= 15 is 0 Å². The van der Waals surface area contributed by atoms with Crippen LogP contribution in [0.25, 0.3) is 5.76 Å². The molecule has 3 rings (SSSR count). The van der Waals surface area contributed by atoms with Crippen molar-refractivity contribution < 1.29 is 14.7 Å². The van der Waals surface area contributed by atoms with Gasteiger partial charge in [-0.15, -0.1) is 0 Å². The highest BCUT2D eigenvalue weighted by molar-refractivity contribution is 6.46. The van der Waals surface area contributed by atoms with Crippen molar-refractivity contribution in [2.75, 3.05) is 45.2 Å². The third kappa shape index (κ3) is 5.40. The Morgan fingerprint density at radius 3 is 2.15 bits per heavy atom. The number of Topliss-reactive ketones (excluding diaryl/α,β-unsaturated/α-hetero) is 1. The summed E-state index contributed by atoms with van der Waals surface area (Å²) in [4.78, 5) is 32.0. The SMILES string of the molecule is CCN(CC)c1ccc(C2/C(=C(/O)c3ccc(Cl)cc3)C(=O)C(=O)N2CCCN(C)C)cc1. The topological polar surface area (TPSA) is 64.1 Å².